The highest BCUT2D eigenvalue weighted by molar-refractivity contribution is 6.00. The molecule has 1 aliphatic rings. The van der Waals surface area contributed by atoms with Gasteiger partial charge in [0.2, 0.25) is 0 Å². The summed E-state index contributed by atoms with van der Waals surface area (Å²) in [6, 6.07) is 6.20. The molecule has 0 fully saturated rings. The molecule has 1 unspecified atom stereocenters. The predicted octanol–water partition coefficient (Wildman–Crippen LogP) is 3.77. The fraction of sp³-hybridized carbons (Fsp3) is 0.611. The number of rotatable bonds is 6. The van der Waals surface area contributed by atoms with Gasteiger partial charge in [0.25, 0.3) is 0 Å². The number of ketones is 1. The van der Waals surface area contributed by atoms with Gasteiger partial charge in [-0.05, 0) is 68.7 Å². The molecule has 1 aromatic carbocycles. The molecule has 0 saturated heterocycles. The fourth-order valence-corrected chi connectivity index (χ4v) is 2.82. The Balaban J connectivity index is 1.98. The SMILES string of the molecule is CC(C)CCNC(C)C(=O)c1ccc2c(c1)CCCC2. The summed E-state index contributed by atoms with van der Waals surface area (Å²) in [7, 11) is 0. The normalized spacial score (nSPS) is 16.0. The van der Waals surface area contributed by atoms with Gasteiger partial charge in [-0.3, -0.25) is 4.79 Å². The Hall–Kier alpha value is -1.15. The Bertz CT molecular complexity index is 464. The van der Waals surface area contributed by atoms with Crippen LogP contribution in [0.3, 0.4) is 0 Å². The van der Waals surface area contributed by atoms with Crippen LogP contribution in [0.1, 0.15) is 61.5 Å². The molecule has 0 heterocycles. The van der Waals surface area contributed by atoms with Crippen LogP contribution in [-0.4, -0.2) is 18.4 Å². The second-order valence-corrected chi connectivity index (χ2v) is 6.41. The zero-order chi connectivity index (χ0) is 14.5. The van der Waals surface area contributed by atoms with Crippen LogP contribution >= 0.6 is 0 Å². The maximum atomic E-state index is 12.4. The molecule has 0 amide bonds. The van der Waals surface area contributed by atoms with Gasteiger partial charge in [-0.15, -0.1) is 0 Å². The van der Waals surface area contributed by atoms with Crippen LogP contribution in [0.4, 0.5) is 0 Å². The molecule has 2 nitrogen and oxygen atoms in total. The lowest BCUT2D eigenvalue weighted by molar-refractivity contribution is 0.0950. The van der Waals surface area contributed by atoms with Crippen molar-refractivity contribution in [3.8, 4) is 0 Å². The minimum Gasteiger partial charge on any atom is -0.307 e. The molecule has 0 aliphatic heterocycles. The summed E-state index contributed by atoms with van der Waals surface area (Å²) < 4.78 is 0. The number of carbonyl (C=O) groups is 1. The fourth-order valence-electron chi connectivity index (χ4n) is 2.82. The number of Topliss-reactive ketones (excluding diaryl/α,β-unsaturated/α-hetero) is 1. The number of hydrogen-bond acceptors (Lipinski definition) is 2. The van der Waals surface area contributed by atoms with Crippen molar-refractivity contribution < 1.29 is 4.79 Å². The zero-order valence-electron chi connectivity index (χ0n) is 13.0. The van der Waals surface area contributed by atoms with Crippen molar-refractivity contribution >= 4 is 5.78 Å². The third kappa shape index (κ3) is 3.92. The third-order valence-corrected chi connectivity index (χ3v) is 4.20. The standard InChI is InChI=1S/C18H27NO/c1-13(2)10-11-19-14(3)18(20)17-9-8-15-6-4-5-7-16(15)12-17/h8-9,12-14,19H,4-7,10-11H2,1-3H3. The molecular formula is C18H27NO. The first kappa shape index (κ1) is 15.2. The van der Waals surface area contributed by atoms with Gasteiger partial charge in [-0.1, -0.05) is 26.0 Å². The number of hydrogen-bond donors (Lipinski definition) is 1. The molecule has 110 valence electrons. The Kier molecular flexibility index (Phi) is 5.36. The van der Waals surface area contributed by atoms with Crippen LogP contribution in [0.15, 0.2) is 18.2 Å². The van der Waals surface area contributed by atoms with E-state index in [2.05, 4.69) is 31.3 Å². The summed E-state index contributed by atoms with van der Waals surface area (Å²) in [4.78, 5) is 12.4. The van der Waals surface area contributed by atoms with Crippen molar-refractivity contribution in [3.05, 3.63) is 34.9 Å². The molecular weight excluding hydrogens is 246 g/mol. The van der Waals surface area contributed by atoms with Gasteiger partial charge in [0.15, 0.2) is 5.78 Å². The van der Waals surface area contributed by atoms with Crippen LogP contribution in [0.25, 0.3) is 0 Å². The summed E-state index contributed by atoms with van der Waals surface area (Å²) in [6.45, 7) is 7.30. The average Bonchev–Trinajstić information content (AvgIpc) is 2.45. The minimum atomic E-state index is -0.0876. The molecule has 1 aliphatic carbocycles. The molecule has 2 rings (SSSR count). The summed E-state index contributed by atoms with van der Waals surface area (Å²) in [5, 5.41) is 3.34. The van der Waals surface area contributed by atoms with Gasteiger partial charge >= 0.3 is 0 Å². The molecule has 1 N–H and O–H groups in total. The van der Waals surface area contributed by atoms with E-state index in [4.69, 9.17) is 0 Å². The highest BCUT2D eigenvalue weighted by Gasteiger charge is 2.17. The number of carbonyl (C=O) groups excluding carboxylic acids is 1. The van der Waals surface area contributed by atoms with Crippen LogP contribution < -0.4 is 5.32 Å². The predicted molar refractivity (Wildman–Crippen MR) is 84.3 cm³/mol. The van der Waals surface area contributed by atoms with Gasteiger partial charge in [-0.2, -0.15) is 0 Å². The van der Waals surface area contributed by atoms with E-state index in [0.717, 1.165) is 24.9 Å². The summed E-state index contributed by atoms with van der Waals surface area (Å²) in [5.41, 5.74) is 3.69. The molecule has 1 aromatic rings. The Labute approximate surface area is 123 Å². The average molecular weight is 273 g/mol. The van der Waals surface area contributed by atoms with Gasteiger partial charge in [-0.25, -0.2) is 0 Å². The van der Waals surface area contributed by atoms with Crippen molar-refractivity contribution in [2.24, 2.45) is 5.92 Å². The lowest BCUT2D eigenvalue weighted by Gasteiger charge is -2.18. The van der Waals surface area contributed by atoms with Gasteiger partial charge in [0.1, 0.15) is 0 Å². The smallest absolute Gasteiger partial charge is 0.179 e. The van der Waals surface area contributed by atoms with E-state index < -0.39 is 0 Å². The Morgan fingerprint density at radius 1 is 1.15 bits per heavy atom. The highest BCUT2D eigenvalue weighted by atomic mass is 16.1. The van der Waals surface area contributed by atoms with Crippen LogP contribution in [0, 0.1) is 5.92 Å². The maximum Gasteiger partial charge on any atom is 0.179 e. The second kappa shape index (κ2) is 7.03. The molecule has 2 heteroatoms. The number of benzene rings is 1. The molecule has 1 atom stereocenters. The lowest BCUT2D eigenvalue weighted by atomic mass is 9.89. The third-order valence-electron chi connectivity index (χ3n) is 4.20. The quantitative estimate of drug-likeness (QED) is 0.799. The van der Waals surface area contributed by atoms with Crippen molar-refractivity contribution in [1.29, 1.82) is 0 Å². The van der Waals surface area contributed by atoms with Gasteiger partial charge < -0.3 is 5.32 Å². The lowest BCUT2D eigenvalue weighted by Crippen LogP contribution is -2.35. The van der Waals surface area contributed by atoms with E-state index >= 15 is 0 Å². The molecule has 20 heavy (non-hydrogen) atoms. The van der Waals surface area contributed by atoms with Crippen molar-refractivity contribution in [2.75, 3.05) is 6.54 Å². The molecule has 0 saturated carbocycles. The second-order valence-electron chi connectivity index (χ2n) is 6.41. The first-order valence-electron chi connectivity index (χ1n) is 7.97. The van der Waals surface area contributed by atoms with Crippen molar-refractivity contribution in [1.82, 2.24) is 5.32 Å². The number of fused-ring (bicyclic) bond motifs is 1. The molecule has 0 aromatic heterocycles. The van der Waals surface area contributed by atoms with E-state index in [1.165, 1.54) is 30.4 Å². The minimum absolute atomic E-state index is 0.0876. The topological polar surface area (TPSA) is 29.1 Å². The first-order valence-corrected chi connectivity index (χ1v) is 7.97. The van der Waals surface area contributed by atoms with Crippen LogP contribution in [-0.2, 0) is 12.8 Å². The largest absolute Gasteiger partial charge is 0.307 e. The maximum absolute atomic E-state index is 12.4. The molecule has 0 radical (unpaired) electrons. The van der Waals surface area contributed by atoms with Gasteiger partial charge in [0, 0.05) is 5.56 Å². The molecule has 0 spiro atoms. The van der Waals surface area contributed by atoms with Crippen molar-refractivity contribution in [3.63, 3.8) is 0 Å². The van der Waals surface area contributed by atoms with Gasteiger partial charge in [0.05, 0.1) is 6.04 Å². The van der Waals surface area contributed by atoms with Crippen LogP contribution in [0.2, 0.25) is 0 Å². The Morgan fingerprint density at radius 2 is 1.85 bits per heavy atom. The van der Waals surface area contributed by atoms with Crippen molar-refractivity contribution in [2.45, 2.75) is 58.9 Å². The van der Waals surface area contributed by atoms with E-state index in [1.807, 2.05) is 13.0 Å². The molecule has 0 bridgehead atoms. The van der Waals surface area contributed by atoms with E-state index in [-0.39, 0.29) is 11.8 Å². The summed E-state index contributed by atoms with van der Waals surface area (Å²) >= 11 is 0. The summed E-state index contributed by atoms with van der Waals surface area (Å²) in [5.74, 6) is 0.899. The first-order chi connectivity index (χ1) is 9.58. The highest BCUT2D eigenvalue weighted by Crippen LogP contribution is 2.22. The van der Waals surface area contributed by atoms with E-state index in [9.17, 15) is 4.79 Å². The monoisotopic (exact) mass is 273 g/mol. The van der Waals surface area contributed by atoms with Crippen LogP contribution in [0.5, 0.6) is 0 Å². The number of nitrogens with one attached hydrogen (secondary N) is 1. The Morgan fingerprint density at radius 3 is 2.55 bits per heavy atom. The van der Waals surface area contributed by atoms with E-state index in [0.29, 0.717) is 5.92 Å². The number of aryl methyl sites for hydroxylation is 2. The van der Waals surface area contributed by atoms with E-state index in [1.54, 1.807) is 0 Å². The zero-order valence-corrected chi connectivity index (χ0v) is 13.0. The summed E-state index contributed by atoms with van der Waals surface area (Å²) in [6.07, 6.45) is 5.96.